The molecule has 2 nitrogen and oxygen atoms in total. The van der Waals surface area contributed by atoms with Crippen molar-refractivity contribution in [2.45, 2.75) is 25.5 Å². The number of aliphatic hydroxyl groups excluding tert-OH is 1. The smallest absolute Gasteiger partial charge is 0.0702 e. The van der Waals surface area contributed by atoms with E-state index in [0.717, 1.165) is 22.3 Å². The Morgan fingerprint density at radius 3 is 2.81 bits per heavy atom. The minimum atomic E-state index is 0.0863. The summed E-state index contributed by atoms with van der Waals surface area (Å²) in [6.07, 6.45) is 4.40. The normalized spacial score (nSPS) is 14.9. The van der Waals surface area contributed by atoms with Gasteiger partial charge in [-0.1, -0.05) is 28.1 Å². The lowest BCUT2D eigenvalue weighted by Crippen LogP contribution is -2.26. The Labute approximate surface area is 105 Å². The van der Waals surface area contributed by atoms with Gasteiger partial charge in [0, 0.05) is 28.3 Å². The van der Waals surface area contributed by atoms with E-state index >= 15 is 0 Å². The van der Waals surface area contributed by atoms with Crippen LogP contribution in [0.4, 0.5) is 5.69 Å². The van der Waals surface area contributed by atoms with Crippen LogP contribution in [0.15, 0.2) is 35.3 Å². The Hall–Kier alpha value is -0.800. The molecule has 1 fully saturated rings. The van der Waals surface area contributed by atoms with E-state index in [4.69, 9.17) is 0 Å². The molecule has 1 N–H and O–H groups in total. The lowest BCUT2D eigenvalue weighted by molar-refractivity contribution is 0.282. The summed E-state index contributed by atoms with van der Waals surface area (Å²) in [5.74, 6) is 0. The van der Waals surface area contributed by atoms with E-state index < -0.39 is 0 Å². The van der Waals surface area contributed by atoms with Crippen molar-refractivity contribution in [2.24, 2.45) is 0 Å². The predicted octanol–water partition coefficient (Wildman–Crippen LogP) is 3.10. The number of aliphatic hydroxyl groups is 1. The van der Waals surface area contributed by atoms with Crippen molar-refractivity contribution in [2.75, 3.05) is 11.4 Å². The third-order valence-electron chi connectivity index (χ3n) is 2.84. The second-order valence-corrected chi connectivity index (χ2v) is 5.02. The fourth-order valence-electron chi connectivity index (χ4n) is 1.91. The van der Waals surface area contributed by atoms with E-state index in [-0.39, 0.29) is 6.61 Å². The van der Waals surface area contributed by atoms with Crippen LogP contribution in [0.3, 0.4) is 0 Å². The van der Waals surface area contributed by atoms with Gasteiger partial charge in [0.15, 0.2) is 0 Å². The zero-order valence-corrected chi connectivity index (χ0v) is 10.8. The molecule has 2 rings (SSSR count). The van der Waals surface area contributed by atoms with Crippen molar-refractivity contribution in [1.29, 1.82) is 0 Å². The lowest BCUT2D eigenvalue weighted by Gasteiger charge is -2.25. The fourth-order valence-corrected chi connectivity index (χ4v) is 2.26. The predicted molar refractivity (Wildman–Crippen MR) is 70.6 cm³/mol. The highest BCUT2D eigenvalue weighted by molar-refractivity contribution is 9.10. The number of halogens is 1. The third kappa shape index (κ3) is 2.47. The first-order chi connectivity index (χ1) is 7.76. The van der Waals surface area contributed by atoms with Gasteiger partial charge < -0.3 is 10.0 Å². The molecule has 0 bridgehead atoms. The molecule has 0 radical (unpaired) electrons. The summed E-state index contributed by atoms with van der Waals surface area (Å²) in [7, 11) is 0. The van der Waals surface area contributed by atoms with Gasteiger partial charge in [-0.3, -0.25) is 0 Å². The minimum Gasteiger partial charge on any atom is -0.392 e. The van der Waals surface area contributed by atoms with Crippen LogP contribution in [0.1, 0.15) is 18.4 Å². The minimum absolute atomic E-state index is 0.0863. The van der Waals surface area contributed by atoms with Crippen LogP contribution in [0.25, 0.3) is 0 Å². The van der Waals surface area contributed by atoms with Crippen molar-refractivity contribution in [1.82, 2.24) is 0 Å². The Morgan fingerprint density at radius 1 is 1.50 bits per heavy atom. The molecule has 1 aromatic carbocycles. The molecule has 1 aliphatic carbocycles. The summed E-state index contributed by atoms with van der Waals surface area (Å²) >= 11 is 3.48. The molecule has 1 aromatic rings. The molecular formula is C13H16BrNO. The van der Waals surface area contributed by atoms with E-state index in [1.54, 1.807) is 0 Å². The molecule has 0 saturated heterocycles. The molecule has 86 valence electrons. The molecule has 1 aliphatic rings. The van der Waals surface area contributed by atoms with Crippen molar-refractivity contribution in [3.8, 4) is 0 Å². The topological polar surface area (TPSA) is 23.5 Å². The van der Waals surface area contributed by atoms with Crippen molar-refractivity contribution in [3.05, 3.63) is 40.9 Å². The van der Waals surface area contributed by atoms with Gasteiger partial charge >= 0.3 is 0 Å². The molecule has 16 heavy (non-hydrogen) atoms. The molecule has 3 heteroatoms. The maximum absolute atomic E-state index is 9.36. The first-order valence-electron chi connectivity index (χ1n) is 5.53. The summed E-state index contributed by atoms with van der Waals surface area (Å²) in [6, 6.07) is 6.64. The quantitative estimate of drug-likeness (QED) is 0.839. The van der Waals surface area contributed by atoms with Gasteiger partial charge in [0.2, 0.25) is 0 Å². The average molecular weight is 282 g/mol. The summed E-state index contributed by atoms with van der Waals surface area (Å²) in [6.45, 7) is 4.73. The molecule has 0 heterocycles. The number of rotatable bonds is 5. The molecule has 1 saturated carbocycles. The first kappa shape index (κ1) is 11.7. The van der Waals surface area contributed by atoms with Crippen LogP contribution in [0, 0.1) is 0 Å². The van der Waals surface area contributed by atoms with Crippen LogP contribution in [-0.4, -0.2) is 17.7 Å². The Balaban J connectivity index is 2.33. The number of benzene rings is 1. The number of nitrogens with zero attached hydrogens (tertiary/aromatic N) is 1. The molecule has 0 aliphatic heterocycles. The number of hydrogen-bond donors (Lipinski definition) is 1. The van der Waals surface area contributed by atoms with Crippen LogP contribution < -0.4 is 4.90 Å². The second-order valence-electron chi connectivity index (χ2n) is 4.10. The Bertz CT molecular complexity index is 388. The van der Waals surface area contributed by atoms with Gasteiger partial charge in [0.05, 0.1) is 6.61 Å². The monoisotopic (exact) mass is 281 g/mol. The lowest BCUT2D eigenvalue weighted by atomic mass is 10.1. The molecule has 0 spiro atoms. The standard InChI is InChI=1S/C13H16BrNO/c1-2-7-15(12-5-6-12)13-8-11(14)4-3-10(13)9-16/h2-4,8,12,16H,1,5-7,9H2. The first-order valence-corrected chi connectivity index (χ1v) is 6.32. The third-order valence-corrected chi connectivity index (χ3v) is 3.33. The van der Waals surface area contributed by atoms with E-state index in [1.165, 1.54) is 12.8 Å². The summed E-state index contributed by atoms with van der Waals surface area (Å²) in [4.78, 5) is 2.32. The molecule has 0 atom stereocenters. The summed E-state index contributed by atoms with van der Waals surface area (Å²) < 4.78 is 1.05. The Morgan fingerprint density at radius 2 is 2.25 bits per heavy atom. The molecule has 0 amide bonds. The average Bonchev–Trinajstić information content (AvgIpc) is 3.10. The van der Waals surface area contributed by atoms with Crippen molar-refractivity contribution < 1.29 is 5.11 Å². The SMILES string of the molecule is C=CCN(c1cc(Br)ccc1CO)C1CC1. The van der Waals surface area contributed by atoms with Gasteiger partial charge in [-0.25, -0.2) is 0 Å². The van der Waals surface area contributed by atoms with E-state index in [9.17, 15) is 5.11 Å². The van der Waals surface area contributed by atoms with Crippen LogP contribution in [-0.2, 0) is 6.61 Å². The highest BCUT2D eigenvalue weighted by atomic mass is 79.9. The zero-order chi connectivity index (χ0) is 11.5. The number of hydrogen-bond acceptors (Lipinski definition) is 2. The Kier molecular flexibility index (Phi) is 3.66. The second kappa shape index (κ2) is 5.02. The fraction of sp³-hybridized carbons (Fsp3) is 0.385. The van der Waals surface area contributed by atoms with Gasteiger partial charge in [0.1, 0.15) is 0 Å². The largest absolute Gasteiger partial charge is 0.392 e. The highest BCUT2D eigenvalue weighted by Crippen LogP contribution is 2.35. The summed E-state index contributed by atoms with van der Waals surface area (Å²) in [5, 5.41) is 9.36. The van der Waals surface area contributed by atoms with Crippen molar-refractivity contribution in [3.63, 3.8) is 0 Å². The molecular weight excluding hydrogens is 266 g/mol. The van der Waals surface area contributed by atoms with E-state index in [2.05, 4.69) is 33.5 Å². The number of anilines is 1. The van der Waals surface area contributed by atoms with Crippen LogP contribution in [0.5, 0.6) is 0 Å². The van der Waals surface area contributed by atoms with Gasteiger partial charge in [-0.2, -0.15) is 0 Å². The molecule has 0 unspecified atom stereocenters. The summed E-state index contributed by atoms with van der Waals surface area (Å²) in [5.41, 5.74) is 2.11. The molecule has 0 aromatic heterocycles. The maximum atomic E-state index is 9.36. The maximum Gasteiger partial charge on any atom is 0.0702 e. The zero-order valence-electron chi connectivity index (χ0n) is 9.19. The highest BCUT2D eigenvalue weighted by Gasteiger charge is 2.29. The van der Waals surface area contributed by atoms with Gasteiger partial charge in [-0.15, -0.1) is 6.58 Å². The van der Waals surface area contributed by atoms with E-state index in [0.29, 0.717) is 6.04 Å². The van der Waals surface area contributed by atoms with Crippen molar-refractivity contribution >= 4 is 21.6 Å². The van der Waals surface area contributed by atoms with E-state index in [1.807, 2.05) is 18.2 Å². The van der Waals surface area contributed by atoms with Gasteiger partial charge in [0.25, 0.3) is 0 Å². The van der Waals surface area contributed by atoms with Crippen LogP contribution >= 0.6 is 15.9 Å². The van der Waals surface area contributed by atoms with Gasteiger partial charge in [-0.05, 0) is 25.0 Å². The van der Waals surface area contributed by atoms with Crippen LogP contribution in [0.2, 0.25) is 0 Å².